The van der Waals surface area contributed by atoms with Crippen LogP contribution in [-0.2, 0) is 4.46 Å². The zero-order valence-electron chi connectivity index (χ0n) is 1.80. The van der Waals surface area contributed by atoms with Gasteiger partial charge in [-0.2, -0.15) is 0 Å². The van der Waals surface area contributed by atoms with Crippen molar-refractivity contribution in [2.24, 2.45) is 0 Å². The molecule has 3 nitrogen and oxygen atoms in total. The quantitative estimate of drug-likeness (QED) is 0.440. The Morgan fingerprint density at radius 3 is 1.40 bits per heavy atom. The molecule has 0 spiro atoms. The van der Waals surface area contributed by atoms with Crippen LogP contribution in [0, 0.1) is 0 Å². The van der Waals surface area contributed by atoms with Crippen LogP contribution in [0.3, 0.4) is 0 Å². The Balaban J connectivity index is 0. The molecular formula is H4BaO3Si. The van der Waals surface area contributed by atoms with Crippen molar-refractivity contribution >= 4 is 58.1 Å². The van der Waals surface area contributed by atoms with Gasteiger partial charge in [-0.3, -0.25) is 4.46 Å². The molecule has 0 amide bonds. The molecule has 2 N–H and O–H groups in total. The Hall–Kier alpha value is 1.19. The fourth-order valence-corrected chi connectivity index (χ4v) is 0. The van der Waals surface area contributed by atoms with Crippen molar-refractivity contribution in [2.75, 3.05) is 0 Å². The third kappa shape index (κ3) is 37.3. The maximum atomic E-state index is 8.74. The van der Waals surface area contributed by atoms with Gasteiger partial charge in [-0.1, -0.05) is 0 Å². The van der Waals surface area contributed by atoms with Gasteiger partial charge >= 0.3 is 58.1 Å². The van der Waals surface area contributed by atoms with Gasteiger partial charge in [0, 0.05) is 0 Å². The van der Waals surface area contributed by atoms with Gasteiger partial charge in [0.2, 0.25) is 0 Å². The molecule has 0 aliphatic carbocycles. The van der Waals surface area contributed by atoms with E-state index in [-0.39, 0.29) is 48.9 Å². The zero-order valence-corrected chi connectivity index (χ0v) is 2.80. The topological polar surface area (TPSA) is 57.5 Å². The Labute approximate surface area is 71.0 Å². The second kappa shape index (κ2) is 5.19. The van der Waals surface area contributed by atoms with Crippen molar-refractivity contribution in [3.8, 4) is 0 Å². The zero-order chi connectivity index (χ0) is 3.58. The van der Waals surface area contributed by atoms with Crippen LogP contribution in [0.25, 0.3) is 0 Å². The number of hydrogen-bond acceptors (Lipinski definition) is 1. The van der Waals surface area contributed by atoms with Crippen LogP contribution in [-0.4, -0.2) is 67.6 Å². The molecule has 0 unspecified atom stereocenters. The van der Waals surface area contributed by atoms with Crippen molar-refractivity contribution in [2.45, 2.75) is 0 Å². The van der Waals surface area contributed by atoms with E-state index >= 15 is 0 Å². The summed E-state index contributed by atoms with van der Waals surface area (Å²) in [5, 5.41) is 0. The molecule has 0 saturated heterocycles. The molecule has 0 radical (unpaired) electrons. The summed E-state index contributed by atoms with van der Waals surface area (Å²) in [4.78, 5) is 14.3. The predicted molar refractivity (Wildman–Crippen MR) is 19.4 cm³/mol. The van der Waals surface area contributed by atoms with E-state index in [2.05, 4.69) is 0 Å². The van der Waals surface area contributed by atoms with E-state index in [4.69, 9.17) is 14.1 Å². The number of hydrogen-bond donors (Lipinski definition) is 2. The Kier molecular flexibility index (Phi) is 9.85. The van der Waals surface area contributed by atoms with Crippen LogP contribution < -0.4 is 0 Å². The molecule has 0 atom stereocenters. The number of rotatable bonds is 0. The van der Waals surface area contributed by atoms with Gasteiger partial charge in [-0.25, -0.2) is 0 Å². The summed E-state index contributed by atoms with van der Waals surface area (Å²) in [6.07, 6.45) is 0. The molecular weight excluding hydrogens is 213 g/mol. The Morgan fingerprint density at radius 1 is 1.40 bits per heavy atom. The summed E-state index contributed by atoms with van der Waals surface area (Å²) in [5.41, 5.74) is 0. The molecule has 0 aliphatic rings. The van der Waals surface area contributed by atoms with Gasteiger partial charge in [0.25, 0.3) is 0 Å². The summed E-state index contributed by atoms with van der Waals surface area (Å²) in [7, 11) is -3.13. The average molecular weight is 217 g/mol. The third-order valence-corrected chi connectivity index (χ3v) is 0. The standard InChI is InChI=1S/Ba.H2O3Si.2H/c;1-4(2)3;;/h;1-2H;;. The SMILES string of the molecule is O=[Si](O)O.[BaH2]. The normalized spacial score (nSPS) is 4.80. The molecule has 0 bridgehead atoms. The van der Waals surface area contributed by atoms with Gasteiger partial charge in [0.1, 0.15) is 0 Å². The fraction of sp³-hybridized carbons (Fsp3) is 0. The molecule has 0 rings (SSSR count). The van der Waals surface area contributed by atoms with Crippen LogP contribution in [0.15, 0.2) is 0 Å². The van der Waals surface area contributed by atoms with Crippen LogP contribution in [0.1, 0.15) is 0 Å². The monoisotopic (exact) mass is 218 g/mol. The molecule has 0 aromatic heterocycles. The van der Waals surface area contributed by atoms with E-state index in [1.807, 2.05) is 0 Å². The van der Waals surface area contributed by atoms with Crippen molar-refractivity contribution in [1.29, 1.82) is 0 Å². The van der Waals surface area contributed by atoms with Crippen molar-refractivity contribution < 1.29 is 14.1 Å². The fourth-order valence-electron chi connectivity index (χ4n) is 0. The third-order valence-electron chi connectivity index (χ3n) is 0. The minimum absolute atomic E-state index is 0. The van der Waals surface area contributed by atoms with Crippen molar-refractivity contribution in [3.63, 3.8) is 0 Å². The van der Waals surface area contributed by atoms with E-state index in [0.717, 1.165) is 0 Å². The van der Waals surface area contributed by atoms with E-state index in [9.17, 15) is 0 Å². The van der Waals surface area contributed by atoms with Crippen LogP contribution in [0.2, 0.25) is 0 Å². The van der Waals surface area contributed by atoms with E-state index in [0.29, 0.717) is 0 Å². The first-order valence-electron chi connectivity index (χ1n) is 0.651. The van der Waals surface area contributed by atoms with E-state index < -0.39 is 9.17 Å². The molecule has 0 aromatic carbocycles. The van der Waals surface area contributed by atoms with Crippen LogP contribution in [0.5, 0.6) is 0 Å². The second-order valence-corrected chi connectivity index (χ2v) is 0.848. The van der Waals surface area contributed by atoms with Gasteiger partial charge in [-0.05, 0) is 0 Å². The molecule has 0 fully saturated rings. The minimum atomic E-state index is -3.13. The summed E-state index contributed by atoms with van der Waals surface area (Å²) in [6.45, 7) is 0. The molecule has 5 heteroatoms. The second-order valence-electron chi connectivity index (χ2n) is 0.283. The maximum absolute atomic E-state index is 8.74. The Bertz CT molecular complexity index is 29.9. The van der Waals surface area contributed by atoms with Gasteiger partial charge in [0.15, 0.2) is 0 Å². The van der Waals surface area contributed by atoms with Gasteiger partial charge in [0.05, 0.1) is 0 Å². The van der Waals surface area contributed by atoms with Gasteiger partial charge in [-0.15, -0.1) is 0 Å². The predicted octanol–water partition coefficient (Wildman–Crippen LogP) is -2.53. The van der Waals surface area contributed by atoms with Crippen LogP contribution in [0.4, 0.5) is 0 Å². The first-order chi connectivity index (χ1) is 1.73. The average Bonchev–Trinajstić information content (AvgIpc) is 0.811. The molecule has 0 aliphatic heterocycles. The molecule has 28 valence electrons. The summed E-state index contributed by atoms with van der Waals surface area (Å²) in [5.74, 6) is 0. The van der Waals surface area contributed by atoms with E-state index in [1.165, 1.54) is 0 Å². The van der Waals surface area contributed by atoms with Crippen molar-refractivity contribution in [3.05, 3.63) is 0 Å². The van der Waals surface area contributed by atoms with Crippen LogP contribution >= 0.6 is 0 Å². The summed E-state index contributed by atoms with van der Waals surface area (Å²) < 4.78 is 8.74. The Morgan fingerprint density at radius 2 is 1.40 bits per heavy atom. The first-order valence-corrected chi connectivity index (χ1v) is 1.95. The molecule has 0 heterocycles. The summed E-state index contributed by atoms with van der Waals surface area (Å²) >= 11 is 0. The van der Waals surface area contributed by atoms with Crippen molar-refractivity contribution in [1.82, 2.24) is 0 Å². The van der Waals surface area contributed by atoms with Gasteiger partial charge < -0.3 is 9.59 Å². The molecule has 5 heavy (non-hydrogen) atoms. The molecule has 0 aromatic rings. The molecule has 0 saturated carbocycles. The summed E-state index contributed by atoms with van der Waals surface area (Å²) in [6, 6.07) is 0. The first kappa shape index (κ1) is 9.50. The van der Waals surface area contributed by atoms with E-state index in [1.54, 1.807) is 0 Å².